The summed E-state index contributed by atoms with van der Waals surface area (Å²) in [5.41, 5.74) is -5.79. The fourth-order valence-corrected chi connectivity index (χ4v) is 4.89. The van der Waals surface area contributed by atoms with Gasteiger partial charge in [-0.2, -0.15) is 21.6 Å². The molecule has 3 atom stereocenters. The van der Waals surface area contributed by atoms with E-state index >= 15 is 0 Å². The van der Waals surface area contributed by atoms with Gasteiger partial charge in [-0.15, -0.1) is 6.58 Å². The van der Waals surface area contributed by atoms with Crippen molar-refractivity contribution in [3.63, 3.8) is 0 Å². The maximum absolute atomic E-state index is 13.0. The van der Waals surface area contributed by atoms with Gasteiger partial charge < -0.3 is 8.92 Å². The molecule has 0 spiro atoms. The van der Waals surface area contributed by atoms with Crippen molar-refractivity contribution in [1.82, 2.24) is 0 Å². The molecule has 2 bridgehead atoms. The van der Waals surface area contributed by atoms with E-state index in [-0.39, 0.29) is 24.0 Å². The van der Waals surface area contributed by atoms with Crippen LogP contribution in [0, 0.1) is 17.3 Å². The van der Waals surface area contributed by atoms with Crippen molar-refractivity contribution in [3.05, 3.63) is 35.6 Å². The van der Waals surface area contributed by atoms with Crippen LogP contribution in [0.15, 0.2) is 35.6 Å². The molecule has 0 amide bonds. The van der Waals surface area contributed by atoms with Crippen molar-refractivity contribution in [2.45, 2.75) is 58.1 Å². The highest BCUT2D eigenvalue weighted by molar-refractivity contribution is 7.87. The summed E-state index contributed by atoms with van der Waals surface area (Å²) < 4.78 is 73.1. The van der Waals surface area contributed by atoms with Crippen LogP contribution in [0.1, 0.15) is 47.0 Å². The summed E-state index contributed by atoms with van der Waals surface area (Å²) in [6.45, 7) is 11.3. The van der Waals surface area contributed by atoms with Crippen molar-refractivity contribution in [1.29, 1.82) is 0 Å². The lowest BCUT2D eigenvalue weighted by Gasteiger charge is -2.54. The minimum absolute atomic E-state index is 0.127. The minimum Gasteiger partial charge on any atom is -0.380 e. The van der Waals surface area contributed by atoms with E-state index < -0.39 is 26.6 Å². The first-order valence-electron chi connectivity index (χ1n) is 8.83. The maximum atomic E-state index is 13.0. The highest BCUT2D eigenvalue weighted by Gasteiger charge is 2.59. The fourth-order valence-electron chi connectivity index (χ4n) is 4.29. The molecule has 0 aliphatic heterocycles. The van der Waals surface area contributed by atoms with Crippen LogP contribution in [0.5, 0.6) is 0 Å². The third kappa shape index (κ3) is 3.70. The largest absolute Gasteiger partial charge is 0.534 e. The van der Waals surface area contributed by atoms with Crippen LogP contribution < -0.4 is 0 Å². The van der Waals surface area contributed by atoms with Gasteiger partial charge >= 0.3 is 15.6 Å². The standard InChI is InChI=1S/C19H27F3O4S/c1-7-8-14-15-10-13(9-12(2)3)17(4,11-18(15,5)25-6)16(14)26-27(23,24)19(20,21)22/h7,10,12,15H,1,8-9,11H2,2-6H3/t15-,17+,18-/m1/s1. The lowest BCUT2D eigenvalue weighted by atomic mass is 9.55. The van der Waals surface area contributed by atoms with Crippen LogP contribution in [-0.2, 0) is 19.0 Å². The van der Waals surface area contributed by atoms with Crippen molar-refractivity contribution in [2.75, 3.05) is 7.11 Å². The minimum atomic E-state index is -5.77. The van der Waals surface area contributed by atoms with Crippen molar-refractivity contribution < 1.29 is 30.5 Å². The summed E-state index contributed by atoms with van der Waals surface area (Å²) in [6.07, 6.45) is 4.73. The Bertz CT molecular complexity index is 779. The first kappa shape index (κ1) is 22.0. The molecule has 0 saturated carbocycles. The summed E-state index contributed by atoms with van der Waals surface area (Å²) in [7, 11) is -4.21. The smallest absolute Gasteiger partial charge is 0.380 e. The van der Waals surface area contributed by atoms with E-state index in [0.29, 0.717) is 18.4 Å². The zero-order valence-electron chi connectivity index (χ0n) is 16.3. The number of alkyl halides is 3. The highest BCUT2D eigenvalue weighted by atomic mass is 32.2. The predicted octanol–water partition coefficient (Wildman–Crippen LogP) is 5.10. The Kier molecular flexibility index (Phi) is 5.67. The Morgan fingerprint density at radius 1 is 1.37 bits per heavy atom. The molecule has 0 heterocycles. The quantitative estimate of drug-likeness (QED) is 0.334. The van der Waals surface area contributed by atoms with Gasteiger partial charge in [0.05, 0.1) is 11.0 Å². The molecule has 0 fully saturated rings. The van der Waals surface area contributed by atoms with E-state index in [2.05, 4.69) is 6.58 Å². The third-order valence-corrected chi connectivity index (χ3v) is 6.50. The number of ether oxygens (including phenoxy) is 1. The number of hydrogen-bond donors (Lipinski definition) is 0. The second kappa shape index (κ2) is 6.95. The molecule has 3 rings (SSSR count). The van der Waals surface area contributed by atoms with Crippen LogP contribution in [0.4, 0.5) is 13.2 Å². The van der Waals surface area contributed by atoms with E-state index in [1.165, 1.54) is 6.08 Å². The summed E-state index contributed by atoms with van der Waals surface area (Å²) in [4.78, 5) is 0. The van der Waals surface area contributed by atoms with Crippen LogP contribution in [0.25, 0.3) is 0 Å². The first-order chi connectivity index (χ1) is 12.2. The Hall–Kier alpha value is -1.28. The molecule has 3 aliphatic carbocycles. The van der Waals surface area contributed by atoms with Crippen molar-refractivity contribution >= 4 is 10.1 Å². The summed E-state index contributed by atoms with van der Waals surface area (Å²) in [6, 6.07) is 0. The van der Waals surface area contributed by atoms with Crippen LogP contribution in [0.2, 0.25) is 0 Å². The average Bonchev–Trinajstić information content (AvgIpc) is 2.51. The van der Waals surface area contributed by atoms with Gasteiger partial charge in [-0.3, -0.25) is 0 Å². The molecule has 4 nitrogen and oxygen atoms in total. The van der Waals surface area contributed by atoms with E-state index in [0.717, 1.165) is 5.57 Å². The highest BCUT2D eigenvalue weighted by Crippen LogP contribution is 2.60. The molecule has 0 unspecified atom stereocenters. The van der Waals surface area contributed by atoms with Crippen LogP contribution >= 0.6 is 0 Å². The zero-order valence-corrected chi connectivity index (χ0v) is 17.1. The number of methoxy groups -OCH3 is 1. The predicted molar refractivity (Wildman–Crippen MR) is 97.1 cm³/mol. The Balaban J connectivity index is 2.68. The van der Waals surface area contributed by atoms with Crippen molar-refractivity contribution in [3.8, 4) is 0 Å². The van der Waals surface area contributed by atoms with E-state index in [4.69, 9.17) is 8.92 Å². The topological polar surface area (TPSA) is 52.6 Å². The summed E-state index contributed by atoms with van der Waals surface area (Å²) in [5, 5.41) is 0. The average molecular weight is 408 g/mol. The number of rotatable bonds is 7. The van der Waals surface area contributed by atoms with Gasteiger partial charge in [-0.1, -0.05) is 31.6 Å². The number of halogens is 3. The molecule has 0 aromatic carbocycles. The van der Waals surface area contributed by atoms with Gasteiger partial charge in [0.1, 0.15) is 5.76 Å². The lowest BCUT2D eigenvalue weighted by Crippen LogP contribution is -2.52. The monoisotopic (exact) mass is 408 g/mol. The Labute approximate surface area is 159 Å². The molecule has 0 aromatic rings. The van der Waals surface area contributed by atoms with Crippen molar-refractivity contribution in [2.24, 2.45) is 17.3 Å². The second-order valence-electron chi connectivity index (χ2n) is 8.12. The Morgan fingerprint density at radius 3 is 2.41 bits per heavy atom. The first-order valence-corrected chi connectivity index (χ1v) is 10.2. The molecule has 0 N–H and O–H groups in total. The molecule has 0 radical (unpaired) electrons. The summed E-state index contributed by atoms with van der Waals surface area (Å²) in [5.74, 6) is -0.253. The summed E-state index contributed by atoms with van der Waals surface area (Å²) >= 11 is 0. The van der Waals surface area contributed by atoms with Crippen LogP contribution in [-0.4, -0.2) is 26.6 Å². The number of hydrogen-bond acceptors (Lipinski definition) is 4. The second-order valence-corrected chi connectivity index (χ2v) is 9.66. The van der Waals surface area contributed by atoms with Gasteiger partial charge in [0, 0.05) is 13.0 Å². The molecular weight excluding hydrogens is 381 g/mol. The Morgan fingerprint density at radius 2 is 1.96 bits per heavy atom. The normalized spacial score (nSPS) is 31.3. The van der Waals surface area contributed by atoms with Gasteiger partial charge in [0.2, 0.25) is 0 Å². The molecule has 154 valence electrons. The van der Waals surface area contributed by atoms with E-state index in [1.54, 1.807) is 14.0 Å². The van der Waals surface area contributed by atoms with E-state index in [1.807, 2.05) is 26.8 Å². The van der Waals surface area contributed by atoms with Gasteiger partial charge in [0.25, 0.3) is 0 Å². The molecular formula is C19H27F3O4S. The molecule has 27 heavy (non-hydrogen) atoms. The number of allylic oxidation sites excluding steroid dienone is 2. The third-order valence-electron chi connectivity index (χ3n) is 5.54. The van der Waals surface area contributed by atoms with Gasteiger partial charge in [-0.05, 0) is 44.6 Å². The maximum Gasteiger partial charge on any atom is 0.534 e. The van der Waals surface area contributed by atoms with E-state index in [9.17, 15) is 21.6 Å². The fraction of sp³-hybridized carbons (Fsp3) is 0.684. The van der Waals surface area contributed by atoms with Gasteiger partial charge in [-0.25, -0.2) is 0 Å². The number of fused-ring (bicyclic) bond motifs is 1. The molecule has 0 aromatic heterocycles. The SMILES string of the molecule is C=CCC1=C(OS(=O)(=O)C(F)(F)F)[C@@]2(C)C[C@@](C)(OC)[C@@H]1C=C2CC(C)C. The molecule has 8 heteroatoms. The lowest BCUT2D eigenvalue weighted by molar-refractivity contribution is -0.0729. The molecule has 0 saturated heterocycles. The van der Waals surface area contributed by atoms with Gasteiger partial charge in [0.15, 0.2) is 0 Å². The van der Waals surface area contributed by atoms with Crippen LogP contribution in [0.3, 0.4) is 0 Å². The zero-order chi connectivity index (χ0) is 20.8. The molecule has 3 aliphatic rings.